The van der Waals surface area contributed by atoms with E-state index in [2.05, 4.69) is 10.6 Å². The summed E-state index contributed by atoms with van der Waals surface area (Å²) < 4.78 is 5.08. The van der Waals surface area contributed by atoms with Gasteiger partial charge in [-0.1, -0.05) is 29.3 Å². The van der Waals surface area contributed by atoms with Gasteiger partial charge in [0, 0.05) is 13.0 Å². The number of hydrogen-bond acceptors (Lipinski definition) is 5. The first-order valence-electron chi connectivity index (χ1n) is 8.61. The average molecular weight is 430 g/mol. The van der Waals surface area contributed by atoms with Crippen molar-refractivity contribution >= 4 is 52.7 Å². The zero-order valence-corrected chi connectivity index (χ0v) is 17.2. The Morgan fingerprint density at radius 2 is 1.96 bits per heavy atom. The summed E-state index contributed by atoms with van der Waals surface area (Å²) in [4.78, 5) is 49.0. The summed E-state index contributed by atoms with van der Waals surface area (Å²) in [6.07, 6.45) is -0.881. The first-order chi connectivity index (χ1) is 13.0. The second kappa shape index (κ2) is 8.79. The molecule has 0 unspecified atom stereocenters. The molecule has 10 heteroatoms. The molecule has 1 aromatic carbocycles. The van der Waals surface area contributed by atoms with Crippen molar-refractivity contribution in [2.24, 2.45) is 0 Å². The monoisotopic (exact) mass is 429 g/mol. The number of amides is 4. The van der Waals surface area contributed by atoms with Gasteiger partial charge in [-0.25, -0.2) is 4.79 Å². The molecule has 1 fully saturated rings. The molecule has 28 heavy (non-hydrogen) atoms. The molecule has 4 amide bonds. The number of nitrogens with zero attached hydrogens (tertiary/aromatic N) is 1. The number of urea groups is 1. The molecule has 0 radical (unpaired) electrons. The highest BCUT2D eigenvalue weighted by molar-refractivity contribution is 6.44. The van der Waals surface area contributed by atoms with Crippen LogP contribution >= 0.6 is 23.2 Å². The number of nitrogens with one attached hydrogen (secondary N) is 2. The normalized spacial score (nSPS) is 16.5. The van der Waals surface area contributed by atoms with Crippen molar-refractivity contribution in [2.75, 3.05) is 11.9 Å². The van der Waals surface area contributed by atoms with E-state index in [0.717, 1.165) is 4.90 Å². The number of esters is 1. The molecule has 0 aliphatic carbocycles. The van der Waals surface area contributed by atoms with E-state index in [9.17, 15) is 19.2 Å². The number of halogens is 2. The van der Waals surface area contributed by atoms with Gasteiger partial charge in [-0.05, 0) is 39.3 Å². The van der Waals surface area contributed by atoms with Crippen LogP contribution in [-0.2, 0) is 19.1 Å². The fraction of sp³-hybridized carbons (Fsp3) is 0.444. The van der Waals surface area contributed by atoms with Crippen LogP contribution in [0.2, 0.25) is 10.0 Å². The third kappa shape index (κ3) is 5.14. The maximum atomic E-state index is 12.2. The Hall–Kier alpha value is -2.32. The van der Waals surface area contributed by atoms with Gasteiger partial charge in [-0.15, -0.1) is 0 Å². The van der Waals surface area contributed by atoms with Gasteiger partial charge in [0.15, 0.2) is 6.10 Å². The highest BCUT2D eigenvalue weighted by Gasteiger charge is 2.43. The van der Waals surface area contributed by atoms with Crippen molar-refractivity contribution in [3.05, 3.63) is 28.2 Å². The van der Waals surface area contributed by atoms with E-state index in [1.165, 1.54) is 6.92 Å². The standard InChI is InChI=1S/C18H21Cl2N3O5/c1-10(15(25)21-12-7-4-6-11(19)14(12)20)28-13(24)8-5-9-23-16(26)18(2,3)22-17(23)27/h4,6-7,10H,5,8-9H2,1-3H3,(H,21,25)(H,22,27)/t10-/m1/s1. The van der Waals surface area contributed by atoms with Gasteiger partial charge < -0.3 is 15.4 Å². The van der Waals surface area contributed by atoms with Crippen LogP contribution in [0.25, 0.3) is 0 Å². The van der Waals surface area contributed by atoms with Crippen molar-refractivity contribution in [3.63, 3.8) is 0 Å². The Balaban J connectivity index is 1.79. The molecular weight excluding hydrogens is 409 g/mol. The second-order valence-electron chi connectivity index (χ2n) is 6.84. The summed E-state index contributed by atoms with van der Waals surface area (Å²) in [5.41, 5.74) is -0.644. The lowest BCUT2D eigenvalue weighted by molar-refractivity contribution is -0.153. The Bertz CT molecular complexity index is 812. The molecule has 1 saturated heterocycles. The molecule has 2 N–H and O–H groups in total. The number of carbonyl (C=O) groups is 4. The highest BCUT2D eigenvalue weighted by atomic mass is 35.5. The number of benzene rings is 1. The number of carbonyl (C=O) groups excluding carboxylic acids is 4. The Morgan fingerprint density at radius 1 is 1.29 bits per heavy atom. The van der Waals surface area contributed by atoms with Gasteiger partial charge >= 0.3 is 12.0 Å². The van der Waals surface area contributed by atoms with E-state index in [1.807, 2.05) is 0 Å². The highest BCUT2D eigenvalue weighted by Crippen LogP contribution is 2.29. The molecule has 1 heterocycles. The van der Waals surface area contributed by atoms with Gasteiger partial charge in [-0.3, -0.25) is 19.3 Å². The lowest BCUT2D eigenvalue weighted by atomic mass is 10.1. The summed E-state index contributed by atoms with van der Waals surface area (Å²) in [6.45, 7) is 4.72. The van der Waals surface area contributed by atoms with E-state index >= 15 is 0 Å². The van der Waals surface area contributed by atoms with Crippen molar-refractivity contribution in [2.45, 2.75) is 45.3 Å². The Labute approximate surface area is 172 Å². The van der Waals surface area contributed by atoms with Crippen molar-refractivity contribution in [3.8, 4) is 0 Å². The molecule has 1 aromatic rings. The first-order valence-corrected chi connectivity index (χ1v) is 9.37. The molecule has 1 atom stereocenters. The molecule has 2 rings (SSSR count). The Morgan fingerprint density at radius 3 is 2.57 bits per heavy atom. The molecule has 0 spiro atoms. The molecule has 152 valence electrons. The van der Waals surface area contributed by atoms with E-state index in [4.69, 9.17) is 27.9 Å². The fourth-order valence-electron chi connectivity index (χ4n) is 2.55. The van der Waals surface area contributed by atoms with E-state index in [0.29, 0.717) is 5.69 Å². The predicted octanol–water partition coefficient (Wildman–Crippen LogP) is 2.97. The predicted molar refractivity (Wildman–Crippen MR) is 104 cm³/mol. The lowest BCUT2D eigenvalue weighted by Crippen LogP contribution is -2.40. The third-order valence-corrected chi connectivity index (χ3v) is 4.91. The van der Waals surface area contributed by atoms with Crippen molar-refractivity contribution in [1.29, 1.82) is 0 Å². The van der Waals surface area contributed by atoms with Gasteiger partial charge in [0.05, 0.1) is 15.7 Å². The molecule has 0 aromatic heterocycles. The van der Waals surface area contributed by atoms with Crippen LogP contribution in [0.3, 0.4) is 0 Å². The maximum absolute atomic E-state index is 12.2. The molecule has 0 bridgehead atoms. The molecule has 0 saturated carbocycles. The number of imide groups is 1. The smallest absolute Gasteiger partial charge is 0.325 e. The summed E-state index contributed by atoms with van der Waals surface area (Å²) in [5.74, 6) is -1.53. The Kier molecular flexibility index (Phi) is 6.90. The van der Waals surface area contributed by atoms with Crippen molar-refractivity contribution in [1.82, 2.24) is 10.2 Å². The fourth-order valence-corrected chi connectivity index (χ4v) is 2.89. The first kappa shape index (κ1) is 22.0. The minimum atomic E-state index is -1.06. The van der Waals surface area contributed by atoms with Crippen LogP contribution in [0.4, 0.5) is 10.5 Å². The lowest BCUT2D eigenvalue weighted by Gasteiger charge is -2.16. The summed E-state index contributed by atoms with van der Waals surface area (Å²) in [5, 5.41) is 5.57. The van der Waals surface area contributed by atoms with Crippen LogP contribution in [0.1, 0.15) is 33.6 Å². The molecule has 1 aliphatic rings. The quantitative estimate of drug-likeness (QED) is 0.511. The minimum Gasteiger partial charge on any atom is -0.453 e. The molecule has 1 aliphatic heterocycles. The second-order valence-corrected chi connectivity index (χ2v) is 7.62. The summed E-state index contributed by atoms with van der Waals surface area (Å²) >= 11 is 11.9. The van der Waals surface area contributed by atoms with Crippen LogP contribution in [0, 0.1) is 0 Å². The van der Waals surface area contributed by atoms with E-state index in [1.54, 1.807) is 32.0 Å². The SMILES string of the molecule is C[C@@H](OC(=O)CCCN1C(=O)NC(C)(C)C1=O)C(=O)Nc1cccc(Cl)c1Cl. The maximum Gasteiger partial charge on any atom is 0.325 e. The van der Waals surface area contributed by atoms with Gasteiger partial charge in [0.2, 0.25) is 0 Å². The third-order valence-electron chi connectivity index (χ3n) is 4.09. The van der Waals surface area contributed by atoms with E-state index in [-0.39, 0.29) is 35.3 Å². The number of ether oxygens (including phenoxy) is 1. The number of anilines is 1. The largest absolute Gasteiger partial charge is 0.453 e. The van der Waals surface area contributed by atoms with Crippen LogP contribution in [-0.4, -0.2) is 46.9 Å². The van der Waals surface area contributed by atoms with Crippen LogP contribution in [0.5, 0.6) is 0 Å². The van der Waals surface area contributed by atoms with Gasteiger partial charge in [0.25, 0.3) is 11.8 Å². The molecule has 8 nitrogen and oxygen atoms in total. The minimum absolute atomic E-state index is 0.0486. The average Bonchev–Trinajstić information content (AvgIpc) is 2.80. The van der Waals surface area contributed by atoms with Crippen molar-refractivity contribution < 1.29 is 23.9 Å². The van der Waals surface area contributed by atoms with Gasteiger partial charge in [0.1, 0.15) is 5.54 Å². The van der Waals surface area contributed by atoms with Gasteiger partial charge in [-0.2, -0.15) is 0 Å². The summed E-state index contributed by atoms with van der Waals surface area (Å²) in [6, 6.07) is 4.28. The number of hydrogen-bond donors (Lipinski definition) is 2. The summed E-state index contributed by atoms with van der Waals surface area (Å²) in [7, 11) is 0. The molecular formula is C18H21Cl2N3O5. The zero-order valence-electron chi connectivity index (χ0n) is 15.7. The zero-order chi connectivity index (χ0) is 21.1. The number of rotatable bonds is 7. The van der Waals surface area contributed by atoms with E-state index < -0.39 is 29.6 Å². The van der Waals surface area contributed by atoms with Crippen LogP contribution in [0.15, 0.2) is 18.2 Å². The topological polar surface area (TPSA) is 105 Å². The van der Waals surface area contributed by atoms with Crippen LogP contribution < -0.4 is 10.6 Å².